The average Bonchev–Trinajstić information content (AvgIpc) is 2.58. The first kappa shape index (κ1) is 15.7. The van der Waals surface area contributed by atoms with Gasteiger partial charge in [0.1, 0.15) is 0 Å². The molecule has 0 fully saturated rings. The van der Waals surface area contributed by atoms with Gasteiger partial charge in [-0.05, 0) is 22.4 Å². The first-order chi connectivity index (χ1) is 8.25. The number of aromatic nitrogens is 3. The predicted octanol–water partition coefficient (Wildman–Crippen LogP) is 0.0130. The van der Waals surface area contributed by atoms with Crippen molar-refractivity contribution >= 4 is 36.8 Å². The van der Waals surface area contributed by atoms with Crippen molar-refractivity contribution in [1.82, 2.24) is 19.7 Å². The molecule has 0 saturated heterocycles. The van der Waals surface area contributed by atoms with E-state index in [1.165, 1.54) is 11.7 Å². The molecule has 1 aromatic heterocycles. The maximum Gasteiger partial charge on any atom is 0.260 e. The van der Waals surface area contributed by atoms with Crippen LogP contribution in [0.4, 0.5) is 0 Å². The molecule has 0 saturated carbocycles. The zero-order valence-corrected chi connectivity index (χ0v) is 13.5. The van der Waals surface area contributed by atoms with Gasteiger partial charge in [0.05, 0.1) is 0 Å². The Morgan fingerprint density at radius 2 is 2.17 bits per heavy atom. The Morgan fingerprint density at radius 1 is 1.56 bits per heavy atom. The standard InChI is InChI=1S/C8H15BrN4O3S2/c1-6(17(3)14)4-5-10-18(15,16)8-7(9)11-12-13(8)2/h6,10H,4-5H2,1-3H3. The van der Waals surface area contributed by atoms with Crippen LogP contribution < -0.4 is 4.72 Å². The molecule has 0 aliphatic carbocycles. The molecular formula is C8H15BrN4O3S2. The van der Waals surface area contributed by atoms with Gasteiger partial charge in [-0.2, -0.15) is 0 Å². The summed E-state index contributed by atoms with van der Waals surface area (Å²) in [5.74, 6) is 0. The van der Waals surface area contributed by atoms with Crippen LogP contribution >= 0.6 is 15.9 Å². The van der Waals surface area contributed by atoms with Gasteiger partial charge < -0.3 is 0 Å². The zero-order valence-electron chi connectivity index (χ0n) is 10.3. The van der Waals surface area contributed by atoms with Gasteiger partial charge in [-0.25, -0.2) is 17.8 Å². The average molecular weight is 359 g/mol. The summed E-state index contributed by atoms with van der Waals surface area (Å²) in [6, 6.07) is 0. The number of nitrogens with one attached hydrogen (secondary N) is 1. The molecule has 2 atom stereocenters. The number of nitrogens with zero attached hydrogens (tertiary/aromatic N) is 3. The largest absolute Gasteiger partial charge is 0.260 e. The van der Waals surface area contributed by atoms with Crippen molar-refractivity contribution in [3.05, 3.63) is 4.60 Å². The van der Waals surface area contributed by atoms with Crippen molar-refractivity contribution < 1.29 is 12.6 Å². The molecule has 1 rings (SSSR count). The van der Waals surface area contributed by atoms with E-state index >= 15 is 0 Å². The molecular weight excluding hydrogens is 344 g/mol. The van der Waals surface area contributed by atoms with Crippen LogP contribution in [0.25, 0.3) is 0 Å². The number of hydrogen-bond donors (Lipinski definition) is 1. The molecule has 1 aromatic rings. The second kappa shape index (κ2) is 6.22. The number of rotatable bonds is 6. The highest BCUT2D eigenvalue weighted by molar-refractivity contribution is 9.10. The first-order valence-corrected chi connectivity index (χ1v) is 9.02. The lowest BCUT2D eigenvalue weighted by Gasteiger charge is -2.09. The van der Waals surface area contributed by atoms with Crippen LogP contribution in [0.15, 0.2) is 9.63 Å². The minimum atomic E-state index is -3.66. The highest BCUT2D eigenvalue weighted by atomic mass is 79.9. The lowest BCUT2D eigenvalue weighted by atomic mass is 10.3. The summed E-state index contributed by atoms with van der Waals surface area (Å²) in [5.41, 5.74) is 0. The molecule has 104 valence electrons. The summed E-state index contributed by atoms with van der Waals surface area (Å²) in [6.07, 6.45) is 2.10. The third-order valence-corrected chi connectivity index (χ3v) is 6.12. The summed E-state index contributed by atoms with van der Waals surface area (Å²) in [6.45, 7) is 2.03. The number of halogens is 1. The molecule has 0 aliphatic heterocycles. The number of aryl methyl sites for hydroxylation is 1. The quantitative estimate of drug-likeness (QED) is 0.773. The monoisotopic (exact) mass is 358 g/mol. The van der Waals surface area contributed by atoms with E-state index < -0.39 is 20.8 Å². The molecule has 10 heteroatoms. The van der Waals surface area contributed by atoms with E-state index in [-0.39, 0.29) is 21.4 Å². The Morgan fingerprint density at radius 3 is 2.61 bits per heavy atom. The van der Waals surface area contributed by atoms with Gasteiger partial charge in [0.15, 0.2) is 4.60 Å². The molecule has 1 heterocycles. The van der Waals surface area contributed by atoms with Crippen molar-refractivity contribution in [2.75, 3.05) is 12.8 Å². The van der Waals surface area contributed by atoms with Gasteiger partial charge in [0.25, 0.3) is 10.0 Å². The molecule has 18 heavy (non-hydrogen) atoms. The smallest absolute Gasteiger partial charge is 0.260 e. The van der Waals surface area contributed by atoms with Gasteiger partial charge in [0, 0.05) is 35.9 Å². The molecule has 0 spiro atoms. The summed E-state index contributed by atoms with van der Waals surface area (Å²) in [4.78, 5) is 0. The minimum Gasteiger partial charge on any atom is -0.260 e. The molecule has 2 unspecified atom stereocenters. The van der Waals surface area contributed by atoms with Crippen LogP contribution in [0.5, 0.6) is 0 Å². The van der Waals surface area contributed by atoms with Crippen molar-refractivity contribution in [1.29, 1.82) is 0 Å². The Kier molecular flexibility index (Phi) is 5.44. The first-order valence-electron chi connectivity index (χ1n) is 5.12. The number of hydrogen-bond acceptors (Lipinski definition) is 5. The fraction of sp³-hybridized carbons (Fsp3) is 0.750. The van der Waals surface area contributed by atoms with Crippen molar-refractivity contribution in [3.8, 4) is 0 Å². The molecule has 0 aromatic carbocycles. The Balaban J connectivity index is 2.70. The molecule has 0 aliphatic rings. The summed E-state index contributed by atoms with van der Waals surface area (Å²) < 4.78 is 38.9. The third-order valence-electron chi connectivity index (χ3n) is 2.40. The highest BCUT2D eigenvalue weighted by Gasteiger charge is 2.23. The van der Waals surface area contributed by atoms with Crippen LogP contribution in [-0.2, 0) is 27.9 Å². The lowest BCUT2D eigenvalue weighted by molar-refractivity contribution is 0.557. The van der Waals surface area contributed by atoms with Crippen LogP contribution in [0.3, 0.4) is 0 Å². The summed E-state index contributed by atoms with van der Waals surface area (Å²) >= 11 is 3.03. The van der Waals surface area contributed by atoms with Crippen LogP contribution in [0.2, 0.25) is 0 Å². The fourth-order valence-corrected chi connectivity index (χ4v) is 3.83. The van der Waals surface area contributed by atoms with E-state index in [0.29, 0.717) is 6.42 Å². The summed E-state index contributed by atoms with van der Waals surface area (Å²) in [7, 11) is -3.12. The van der Waals surface area contributed by atoms with Crippen LogP contribution in [0.1, 0.15) is 13.3 Å². The highest BCUT2D eigenvalue weighted by Crippen LogP contribution is 2.17. The summed E-state index contributed by atoms with van der Waals surface area (Å²) in [5, 5.41) is 7.15. The normalized spacial score (nSPS) is 15.6. The van der Waals surface area contributed by atoms with E-state index in [1.54, 1.807) is 6.26 Å². The van der Waals surface area contributed by atoms with E-state index in [9.17, 15) is 12.6 Å². The van der Waals surface area contributed by atoms with Gasteiger partial charge >= 0.3 is 0 Å². The lowest BCUT2D eigenvalue weighted by Crippen LogP contribution is -2.29. The molecule has 7 nitrogen and oxygen atoms in total. The third kappa shape index (κ3) is 3.84. The minimum absolute atomic E-state index is 0.0206. The fourth-order valence-electron chi connectivity index (χ4n) is 1.24. The van der Waals surface area contributed by atoms with Crippen LogP contribution in [-0.4, -0.2) is 45.7 Å². The van der Waals surface area contributed by atoms with Gasteiger partial charge in [0.2, 0.25) is 5.03 Å². The van der Waals surface area contributed by atoms with Crippen molar-refractivity contribution in [2.45, 2.75) is 23.6 Å². The SMILES string of the molecule is CC(CCNS(=O)(=O)c1c(Br)nnn1C)S(C)=O. The van der Waals surface area contributed by atoms with Crippen LogP contribution in [0, 0.1) is 0 Å². The molecule has 1 N–H and O–H groups in total. The van der Waals surface area contributed by atoms with Crippen molar-refractivity contribution in [3.63, 3.8) is 0 Å². The maximum atomic E-state index is 12.0. The second-order valence-corrected chi connectivity index (χ2v) is 8.04. The molecule has 0 radical (unpaired) electrons. The Hall–Kier alpha value is -0.320. The van der Waals surface area contributed by atoms with Gasteiger partial charge in [-0.1, -0.05) is 12.1 Å². The maximum absolute atomic E-state index is 12.0. The van der Waals surface area contributed by atoms with E-state index in [0.717, 1.165) is 0 Å². The second-order valence-electron chi connectivity index (χ2n) is 3.80. The number of sulfonamides is 1. The predicted molar refractivity (Wildman–Crippen MR) is 72.0 cm³/mol. The Labute approximate surface area is 117 Å². The van der Waals surface area contributed by atoms with E-state index in [2.05, 4.69) is 31.0 Å². The molecule has 0 amide bonds. The zero-order chi connectivity index (χ0) is 13.9. The van der Waals surface area contributed by atoms with E-state index in [1.807, 2.05) is 6.92 Å². The Bertz CT molecular complexity index is 523. The van der Waals surface area contributed by atoms with Gasteiger partial charge in [-0.3, -0.25) is 4.21 Å². The van der Waals surface area contributed by atoms with Crippen molar-refractivity contribution in [2.24, 2.45) is 7.05 Å². The van der Waals surface area contributed by atoms with E-state index in [4.69, 9.17) is 0 Å². The van der Waals surface area contributed by atoms with Gasteiger partial charge in [-0.15, -0.1) is 5.10 Å². The molecule has 0 bridgehead atoms. The topological polar surface area (TPSA) is 93.9 Å².